The number of hydrogen-bond acceptors (Lipinski definition) is 5. The highest BCUT2D eigenvalue weighted by Crippen LogP contribution is 2.27. The summed E-state index contributed by atoms with van der Waals surface area (Å²) in [7, 11) is 3.05. The van der Waals surface area contributed by atoms with E-state index in [1.165, 1.54) is 14.2 Å². The minimum atomic E-state index is -0.345. The van der Waals surface area contributed by atoms with Crippen LogP contribution in [0.15, 0.2) is 46.0 Å². The van der Waals surface area contributed by atoms with E-state index in [-0.39, 0.29) is 5.91 Å². The van der Waals surface area contributed by atoms with Gasteiger partial charge in [0, 0.05) is 5.56 Å². The van der Waals surface area contributed by atoms with Crippen LogP contribution in [0.2, 0.25) is 0 Å². The smallest absolute Gasteiger partial charge is 0.271 e. The number of hydrazone groups is 1. The first-order chi connectivity index (χ1) is 12.1. The molecule has 2 aromatic carbocycles. The van der Waals surface area contributed by atoms with Crippen LogP contribution in [0.3, 0.4) is 0 Å². The molecule has 0 saturated carbocycles. The highest BCUT2D eigenvalue weighted by Gasteiger charge is 2.10. The normalized spacial score (nSPS) is 10.6. The number of ether oxygens (including phenoxy) is 3. The van der Waals surface area contributed by atoms with Crippen molar-refractivity contribution in [1.82, 2.24) is 5.43 Å². The third-order valence-electron chi connectivity index (χ3n) is 3.28. The van der Waals surface area contributed by atoms with E-state index < -0.39 is 0 Å². The molecule has 0 saturated heterocycles. The molecule has 2 rings (SSSR count). The molecule has 0 radical (unpaired) electrons. The molecule has 0 aromatic heterocycles. The quantitative estimate of drug-likeness (QED) is 0.562. The number of rotatable bonds is 7. The molecule has 0 atom stereocenters. The van der Waals surface area contributed by atoms with Crippen LogP contribution in [0.4, 0.5) is 0 Å². The van der Waals surface area contributed by atoms with Crippen LogP contribution >= 0.6 is 15.9 Å². The Bertz CT molecular complexity index is 778. The van der Waals surface area contributed by atoms with E-state index in [9.17, 15) is 4.79 Å². The Labute approximate surface area is 154 Å². The molecule has 0 heterocycles. The Morgan fingerprint density at radius 3 is 2.48 bits per heavy atom. The lowest BCUT2D eigenvalue weighted by atomic mass is 10.2. The highest BCUT2D eigenvalue weighted by atomic mass is 79.9. The number of methoxy groups -OCH3 is 2. The van der Waals surface area contributed by atoms with E-state index >= 15 is 0 Å². The fourth-order valence-corrected chi connectivity index (χ4v) is 2.59. The van der Waals surface area contributed by atoms with Crippen LogP contribution in [0.25, 0.3) is 0 Å². The number of nitrogens with zero attached hydrogens (tertiary/aromatic N) is 1. The molecule has 132 valence electrons. The van der Waals surface area contributed by atoms with Gasteiger partial charge in [0.25, 0.3) is 5.91 Å². The summed E-state index contributed by atoms with van der Waals surface area (Å²) in [5, 5.41) is 3.97. The summed E-state index contributed by atoms with van der Waals surface area (Å²) < 4.78 is 16.6. The SMILES string of the molecule is CCOc1ccc(/C=N/NC(=O)c2ccc(OC)c(OC)c2)cc1Br. The van der Waals surface area contributed by atoms with E-state index in [1.54, 1.807) is 24.4 Å². The van der Waals surface area contributed by atoms with Gasteiger partial charge in [0.1, 0.15) is 5.75 Å². The van der Waals surface area contributed by atoms with E-state index in [2.05, 4.69) is 26.5 Å². The van der Waals surface area contributed by atoms with Crippen LogP contribution < -0.4 is 19.6 Å². The Hall–Kier alpha value is -2.54. The maximum Gasteiger partial charge on any atom is 0.271 e. The monoisotopic (exact) mass is 406 g/mol. The predicted octanol–water partition coefficient (Wildman–Crippen LogP) is 3.63. The number of carbonyl (C=O) groups excluding carboxylic acids is 1. The van der Waals surface area contributed by atoms with Gasteiger partial charge in [-0.1, -0.05) is 0 Å². The molecule has 7 heteroatoms. The number of amides is 1. The second kappa shape index (κ2) is 9.08. The number of benzene rings is 2. The molecule has 0 fully saturated rings. The standard InChI is InChI=1S/C18H19BrN2O4/c1-4-25-15-7-5-12(9-14(15)19)11-20-21-18(22)13-6-8-16(23-2)17(10-13)24-3/h5-11H,4H2,1-3H3,(H,21,22)/b20-11+. The molecular formula is C18H19BrN2O4. The maximum atomic E-state index is 12.2. The molecule has 0 aliphatic carbocycles. The van der Waals surface area contributed by atoms with Crippen molar-refractivity contribution in [2.45, 2.75) is 6.92 Å². The summed E-state index contributed by atoms with van der Waals surface area (Å²) in [5.41, 5.74) is 3.72. The zero-order valence-electron chi connectivity index (χ0n) is 14.2. The molecule has 25 heavy (non-hydrogen) atoms. The lowest BCUT2D eigenvalue weighted by molar-refractivity contribution is 0.0954. The van der Waals surface area contributed by atoms with Crippen molar-refractivity contribution in [3.05, 3.63) is 52.0 Å². The topological polar surface area (TPSA) is 69.2 Å². The van der Waals surface area contributed by atoms with Gasteiger partial charge in [-0.2, -0.15) is 5.10 Å². The zero-order chi connectivity index (χ0) is 18.2. The molecule has 0 aliphatic heterocycles. The number of carbonyl (C=O) groups is 1. The molecule has 1 N–H and O–H groups in total. The summed E-state index contributed by atoms with van der Waals surface area (Å²) in [5.74, 6) is 1.45. The molecule has 0 spiro atoms. The van der Waals surface area contributed by atoms with E-state index in [0.717, 1.165) is 15.8 Å². The minimum Gasteiger partial charge on any atom is -0.493 e. The Morgan fingerprint density at radius 2 is 1.84 bits per heavy atom. The van der Waals surface area contributed by atoms with Crippen molar-refractivity contribution in [2.24, 2.45) is 5.10 Å². The van der Waals surface area contributed by atoms with Crippen molar-refractivity contribution in [3.8, 4) is 17.2 Å². The Morgan fingerprint density at radius 1 is 1.12 bits per heavy atom. The first-order valence-corrected chi connectivity index (χ1v) is 8.36. The summed E-state index contributed by atoms with van der Waals surface area (Å²) in [4.78, 5) is 12.2. The second-order valence-electron chi connectivity index (χ2n) is 4.89. The van der Waals surface area contributed by atoms with Gasteiger partial charge in [-0.15, -0.1) is 0 Å². The summed E-state index contributed by atoms with van der Waals surface area (Å²) in [6.45, 7) is 2.51. The number of nitrogens with one attached hydrogen (secondary N) is 1. The number of hydrogen-bond donors (Lipinski definition) is 1. The van der Waals surface area contributed by atoms with Gasteiger partial charge in [-0.25, -0.2) is 5.43 Å². The van der Waals surface area contributed by atoms with Crippen LogP contribution in [0, 0.1) is 0 Å². The van der Waals surface area contributed by atoms with Crippen LogP contribution in [0.5, 0.6) is 17.2 Å². The van der Waals surface area contributed by atoms with Crippen molar-refractivity contribution in [2.75, 3.05) is 20.8 Å². The van der Waals surface area contributed by atoms with Crippen molar-refractivity contribution < 1.29 is 19.0 Å². The average Bonchev–Trinajstić information content (AvgIpc) is 2.63. The lowest BCUT2D eigenvalue weighted by Crippen LogP contribution is -2.17. The largest absolute Gasteiger partial charge is 0.493 e. The van der Waals surface area contributed by atoms with Crippen LogP contribution in [-0.2, 0) is 0 Å². The van der Waals surface area contributed by atoms with E-state index in [1.807, 2.05) is 25.1 Å². The molecule has 1 amide bonds. The predicted molar refractivity (Wildman–Crippen MR) is 99.9 cm³/mol. The maximum absolute atomic E-state index is 12.2. The molecule has 0 bridgehead atoms. The van der Waals surface area contributed by atoms with Gasteiger partial charge in [0.2, 0.25) is 0 Å². The molecule has 0 aliphatic rings. The van der Waals surface area contributed by atoms with E-state index in [4.69, 9.17) is 14.2 Å². The van der Waals surface area contributed by atoms with Crippen molar-refractivity contribution in [3.63, 3.8) is 0 Å². The summed E-state index contributed by atoms with van der Waals surface area (Å²) in [6, 6.07) is 10.4. The first-order valence-electron chi connectivity index (χ1n) is 7.56. The average molecular weight is 407 g/mol. The van der Waals surface area contributed by atoms with Gasteiger partial charge in [0.15, 0.2) is 11.5 Å². The van der Waals surface area contributed by atoms with Crippen molar-refractivity contribution >= 4 is 28.1 Å². The highest BCUT2D eigenvalue weighted by molar-refractivity contribution is 9.10. The lowest BCUT2D eigenvalue weighted by Gasteiger charge is -2.08. The Kier molecular flexibility index (Phi) is 6.82. The fourth-order valence-electron chi connectivity index (χ4n) is 2.08. The molecule has 0 unspecified atom stereocenters. The third kappa shape index (κ3) is 4.96. The van der Waals surface area contributed by atoms with Gasteiger partial charge >= 0.3 is 0 Å². The molecule has 2 aromatic rings. The minimum absolute atomic E-state index is 0.345. The van der Waals surface area contributed by atoms with Gasteiger partial charge in [0.05, 0.1) is 31.5 Å². The van der Waals surface area contributed by atoms with Gasteiger partial charge in [-0.05, 0) is 64.8 Å². The summed E-state index contributed by atoms with van der Waals surface area (Å²) in [6.07, 6.45) is 1.55. The second-order valence-corrected chi connectivity index (χ2v) is 5.75. The zero-order valence-corrected chi connectivity index (χ0v) is 15.8. The van der Waals surface area contributed by atoms with Crippen molar-refractivity contribution in [1.29, 1.82) is 0 Å². The van der Waals surface area contributed by atoms with Crippen LogP contribution in [-0.4, -0.2) is 32.9 Å². The fraction of sp³-hybridized carbons (Fsp3) is 0.222. The van der Waals surface area contributed by atoms with Gasteiger partial charge < -0.3 is 14.2 Å². The van der Waals surface area contributed by atoms with E-state index in [0.29, 0.717) is 23.7 Å². The molecule has 6 nitrogen and oxygen atoms in total. The Balaban J connectivity index is 2.04. The first kappa shape index (κ1) is 18.8. The summed E-state index contributed by atoms with van der Waals surface area (Å²) >= 11 is 3.44. The number of halogens is 1. The van der Waals surface area contributed by atoms with Crippen LogP contribution in [0.1, 0.15) is 22.8 Å². The third-order valence-corrected chi connectivity index (χ3v) is 3.90. The van der Waals surface area contributed by atoms with Gasteiger partial charge in [-0.3, -0.25) is 4.79 Å². The molecular weight excluding hydrogens is 388 g/mol.